The number of anilines is 1. The number of nitrogens with two attached hydrogens (primary N) is 1. The summed E-state index contributed by atoms with van der Waals surface area (Å²) in [6, 6.07) is 8.86. The molecule has 2 aromatic rings. The standard InChI is InChI=1S/C13H12N4O3/c1-9-6-12(14)16(13(18)7-9)15-8-10-2-4-11(5-3-10)17(19)20/h2-8H,14H2,1H3/b15-8-. The van der Waals surface area contributed by atoms with Crippen LogP contribution < -0.4 is 11.3 Å². The Morgan fingerprint density at radius 2 is 1.95 bits per heavy atom. The Bertz CT molecular complexity index is 732. The van der Waals surface area contributed by atoms with E-state index in [-0.39, 0.29) is 17.1 Å². The molecule has 20 heavy (non-hydrogen) atoms. The molecule has 0 saturated carbocycles. The molecule has 1 heterocycles. The van der Waals surface area contributed by atoms with Gasteiger partial charge in [-0.05, 0) is 36.2 Å². The van der Waals surface area contributed by atoms with Crippen LogP contribution in [0.15, 0.2) is 46.3 Å². The normalized spacial score (nSPS) is 10.8. The molecule has 7 nitrogen and oxygen atoms in total. The highest BCUT2D eigenvalue weighted by Crippen LogP contribution is 2.10. The first-order valence-corrected chi connectivity index (χ1v) is 5.75. The number of nitro benzene ring substituents is 1. The number of benzene rings is 1. The van der Waals surface area contributed by atoms with Crippen LogP contribution in [0, 0.1) is 17.0 Å². The highest BCUT2D eigenvalue weighted by atomic mass is 16.6. The third-order valence-corrected chi connectivity index (χ3v) is 2.61. The lowest BCUT2D eigenvalue weighted by Gasteiger charge is -2.03. The predicted molar refractivity (Wildman–Crippen MR) is 75.9 cm³/mol. The topological polar surface area (TPSA) is 104 Å². The minimum absolute atomic E-state index is 0.00540. The van der Waals surface area contributed by atoms with Crippen molar-refractivity contribution in [1.82, 2.24) is 4.68 Å². The summed E-state index contributed by atoms with van der Waals surface area (Å²) < 4.78 is 1.06. The molecule has 0 aliphatic heterocycles. The number of aryl methyl sites for hydroxylation is 1. The number of rotatable bonds is 3. The van der Waals surface area contributed by atoms with Crippen LogP contribution in [0.3, 0.4) is 0 Å². The van der Waals surface area contributed by atoms with Gasteiger partial charge < -0.3 is 5.73 Å². The minimum atomic E-state index is -0.483. The quantitative estimate of drug-likeness (QED) is 0.519. The molecule has 0 spiro atoms. The Kier molecular flexibility index (Phi) is 3.60. The Labute approximate surface area is 114 Å². The molecule has 2 N–H and O–H groups in total. The predicted octanol–water partition coefficient (Wildman–Crippen LogP) is 1.53. The first-order chi connectivity index (χ1) is 9.47. The van der Waals surface area contributed by atoms with Gasteiger partial charge in [0.1, 0.15) is 5.82 Å². The fourth-order valence-corrected chi connectivity index (χ4v) is 1.65. The van der Waals surface area contributed by atoms with Gasteiger partial charge in [-0.25, -0.2) is 0 Å². The van der Waals surface area contributed by atoms with Crippen molar-refractivity contribution in [3.63, 3.8) is 0 Å². The fraction of sp³-hybridized carbons (Fsp3) is 0.0769. The lowest BCUT2D eigenvalue weighted by molar-refractivity contribution is -0.384. The zero-order valence-electron chi connectivity index (χ0n) is 10.7. The van der Waals surface area contributed by atoms with Gasteiger partial charge in [-0.1, -0.05) is 0 Å². The summed E-state index contributed by atoms with van der Waals surface area (Å²) in [5.74, 6) is 0.230. The summed E-state index contributed by atoms with van der Waals surface area (Å²) in [7, 11) is 0. The van der Waals surface area contributed by atoms with Crippen molar-refractivity contribution >= 4 is 17.7 Å². The molecule has 1 aromatic heterocycles. The SMILES string of the molecule is Cc1cc(N)n(/N=C\c2ccc([N+](=O)[O-])cc2)c(=O)c1. The Morgan fingerprint density at radius 3 is 2.50 bits per heavy atom. The van der Waals surface area contributed by atoms with Crippen molar-refractivity contribution in [2.24, 2.45) is 5.10 Å². The van der Waals surface area contributed by atoms with Gasteiger partial charge in [0.25, 0.3) is 11.2 Å². The zero-order chi connectivity index (χ0) is 14.7. The molecule has 0 amide bonds. The highest BCUT2D eigenvalue weighted by Gasteiger charge is 2.03. The maximum absolute atomic E-state index is 11.7. The van der Waals surface area contributed by atoms with Gasteiger partial charge in [0.05, 0.1) is 11.1 Å². The third-order valence-electron chi connectivity index (χ3n) is 2.61. The molecule has 0 saturated heterocycles. The van der Waals surface area contributed by atoms with Gasteiger partial charge in [0.15, 0.2) is 0 Å². The minimum Gasteiger partial charge on any atom is -0.384 e. The molecule has 0 unspecified atom stereocenters. The highest BCUT2D eigenvalue weighted by molar-refractivity contribution is 5.80. The van der Waals surface area contributed by atoms with Crippen LogP contribution in [0.25, 0.3) is 0 Å². The number of nitrogen functional groups attached to an aromatic ring is 1. The van der Waals surface area contributed by atoms with E-state index in [9.17, 15) is 14.9 Å². The van der Waals surface area contributed by atoms with Crippen LogP contribution in [0.5, 0.6) is 0 Å². The second-order valence-corrected chi connectivity index (χ2v) is 4.20. The lowest BCUT2D eigenvalue weighted by Crippen LogP contribution is -2.19. The number of non-ortho nitro benzene ring substituents is 1. The van der Waals surface area contributed by atoms with Crippen LogP contribution in [0.2, 0.25) is 0 Å². The van der Waals surface area contributed by atoms with Crippen LogP contribution >= 0.6 is 0 Å². The number of hydrogen-bond donors (Lipinski definition) is 1. The number of aromatic nitrogens is 1. The Balaban J connectivity index is 2.30. The van der Waals surface area contributed by atoms with Gasteiger partial charge in [-0.2, -0.15) is 9.78 Å². The summed E-state index contributed by atoms with van der Waals surface area (Å²) in [6.45, 7) is 1.77. The van der Waals surface area contributed by atoms with Crippen molar-refractivity contribution in [1.29, 1.82) is 0 Å². The van der Waals surface area contributed by atoms with E-state index in [1.165, 1.54) is 36.5 Å². The summed E-state index contributed by atoms with van der Waals surface area (Å²) in [6.07, 6.45) is 1.41. The van der Waals surface area contributed by atoms with Gasteiger partial charge in [0.2, 0.25) is 0 Å². The molecule has 1 aromatic carbocycles. The van der Waals surface area contributed by atoms with Crippen LogP contribution in [0.4, 0.5) is 11.5 Å². The van der Waals surface area contributed by atoms with Crippen LogP contribution in [-0.4, -0.2) is 15.8 Å². The van der Waals surface area contributed by atoms with Crippen molar-refractivity contribution in [3.8, 4) is 0 Å². The molecule has 0 atom stereocenters. The fourth-order valence-electron chi connectivity index (χ4n) is 1.65. The number of nitrogens with zero attached hydrogens (tertiary/aromatic N) is 3. The second kappa shape index (κ2) is 5.35. The summed E-state index contributed by atoms with van der Waals surface area (Å²) in [5.41, 5.74) is 6.76. The molecule has 0 fully saturated rings. The molecule has 7 heteroatoms. The molecular weight excluding hydrogens is 260 g/mol. The van der Waals surface area contributed by atoms with E-state index in [1.54, 1.807) is 13.0 Å². The molecule has 2 rings (SSSR count). The average molecular weight is 272 g/mol. The van der Waals surface area contributed by atoms with Crippen molar-refractivity contribution < 1.29 is 4.92 Å². The molecule has 102 valence electrons. The molecule has 0 radical (unpaired) electrons. The summed E-state index contributed by atoms with van der Waals surface area (Å²) >= 11 is 0. The van der Waals surface area contributed by atoms with E-state index in [0.717, 1.165) is 10.2 Å². The van der Waals surface area contributed by atoms with E-state index in [0.29, 0.717) is 5.56 Å². The van der Waals surface area contributed by atoms with Crippen molar-refractivity contribution in [2.45, 2.75) is 6.92 Å². The average Bonchev–Trinajstić information content (AvgIpc) is 2.38. The van der Waals surface area contributed by atoms with E-state index >= 15 is 0 Å². The van der Waals surface area contributed by atoms with Crippen molar-refractivity contribution in [3.05, 3.63) is 68.0 Å². The largest absolute Gasteiger partial charge is 0.384 e. The first kappa shape index (κ1) is 13.5. The van der Waals surface area contributed by atoms with Gasteiger partial charge in [-0.15, -0.1) is 0 Å². The third kappa shape index (κ3) is 2.89. The van der Waals surface area contributed by atoms with E-state index < -0.39 is 4.92 Å². The molecule has 0 bridgehead atoms. The van der Waals surface area contributed by atoms with Crippen molar-refractivity contribution in [2.75, 3.05) is 5.73 Å². The van der Waals surface area contributed by atoms with E-state index in [2.05, 4.69) is 5.10 Å². The zero-order valence-corrected chi connectivity index (χ0v) is 10.7. The van der Waals surface area contributed by atoms with E-state index in [4.69, 9.17) is 5.73 Å². The molecular formula is C13H12N4O3. The molecule has 0 aliphatic rings. The number of nitro groups is 1. The van der Waals surface area contributed by atoms with Gasteiger partial charge >= 0.3 is 0 Å². The Hall–Kier alpha value is -2.96. The lowest BCUT2D eigenvalue weighted by atomic mass is 10.2. The second-order valence-electron chi connectivity index (χ2n) is 4.20. The number of pyridine rings is 1. The monoisotopic (exact) mass is 272 g/mol. The summed E-state index contributed by atoms with van der Waals surface area (Å²) in [5, 5.41) is 14.5. The summed E-state index contributed by atoms with van der Waals surface area (Å²) in [4.78, 5) is 21.7. The maximum Gasteiger partial charge on any atom is 0.273 e. The number of hydrogen-bond acceptors (Lipinski definition) is 5. The van der Waals surface area contributed by atoms with Crippen LogP contribution in [-0.2, 0) is 0 Å². The smallest absolute Gasteiger partial charge is 0.273 e. The van der Waals surface area contributed by atoms with Gasteiger partial charge in [-0.3, -0.25) is 14.9 Å². The molecule has 0 aliphatic carbocycles. The van der Waals surface area contributed by atoms with E-state index in [1.807, 2.05) is 0 Å². The van der Waals surface area contributed by atoms with Crippen LogP contribution in [0.1, 0.15) is 11.1 Å². The first-order valence-electron chi connectivity index (χ1n) is 5.75. The van der Waals surface area contributed by atoms with Gasteiger partial charge in [0, 0.05) is 18.2 Å². The maximum atomic E-state index is 11.7. The Morgan fingerprint density at radius 1 is 1.30 bits per heavy atom.